The summed E-state index contributed by atoms with van der Waals surface area (Å²) in [5.74, 6) is -1.36. The van der Waals surface area contributed by atoms with Crippen LogP contribution in [0, 0.1) is 18.7 Å². The molecule has 1 saturated carbocycles. The highest BCUT2D eigenvalue weighted by atomic mass is 19.1. The summed E-state index contributed by atoms with van der Waals surface area (Å²) in [6, 6.07) is 8.16. The summed E-state index contributed by atoms with van der Waals surface area (Å²) in [6.07, 6.45) is 2.29. The average molecular weight is 510 g/mol. The third-order valence-corrected chi connectivity index (χ3v) is 7.97. The van der Waals surface area contributed by atoms with Gasteiger partial charge in [0.1, 0.15) is 17.7 Å². The summed E-state index contributed by atoms with van der Waals surface area (Å²) in [7, 11) is 1.35. The van der Waals surface area contributed by atoms with Gasteiger partial charge >= 0.3 is 12.1 Å². The van der Waals surface area contributed by atoms with Crippen LogP contribution < -0.4 is 4.90 Å². The topological polar surface area (TPSA) is 105 Å². The minimum atomic E-state index is -1.21. The molecule has 2 heterocycles. The zero-order chi connectivity index (χ0) is 26.4. The van der Waals surface area contributed by atoms with Crippen molar-refractivity contribution in [3.05, 3.63) is 58.7 Å². The predicted molar refractivity (Wildman–Crippen MR) is 136 cm³/mol. The van der Waals surface area contributed by atoms with Gasteiger partial charge in [-0.1, -0.05) is 18.6 Å². The summed E-state index contributed by atoms with van der Waals surface area (Å²) >= 11 is 0. The zero-order valence-corrected chi connectivity index (χ0v) is 21.3. The number of hydrogen-bond donors (Lipinski definition) is 2. The Morgan fingerprint density at radius 1 is 1.19 bits per heavy atom. The number of rotatable bonds is 4. The van der Waals surface area contributed by atoms with E-state index < -0.39 is 29.9 Å². The fourth-order valence-corrected chi connectivity index (χ4v) is 5.92. The van der Waals surface area contributed by atoms with Gasteiger partial charge in [0.2, 0.25) is 0 Å². The monoisotopic (exact) mass is 509 g/mol. The number of halogens is 1. The Morgan fingerprint density at radius 3 is 2.68 bits per heavy atom. The van der Waals surface area contributed by atoms with E-state index in [9.17, 15) is 24.2 Å². The molecule has 2 N–H and O–H groups in total. The van der Waals surface area contributed by atoms with Crippen LogP contribution in [0.2, 0.25) is 0 Å². The number of imidazole rings is 1. The fourth-order valence-electron chi connectivity index (χ4n) is 5.92. The molecular weight excluding hydrogens is 477 g/mol. The molecule has 9 heteroatoms. The third-order valence-electron chi connectivity index (χ3n) is 7.97. The lowest BCUT2D eigenvalue weighted by molar-refractivity contribution is -0.143. The van der Waals surface area contributed by atoms with Crippen LogP contribution in [0.1, 0.15) is 73.7 Å². The Morgan fingerprint density at radius 2 is 1.97 bits per heavy atom. The van der Waals surface area contributed by atoms with Crippen molar-refractivity contribution < 1.29 is 28.9 Å². The molecule has 1 aliphatic carbocycles. The highest BCUT2D eigenvalue weighted by Gasteiger charge is 2.35. The number of aliphatic hydroxyl groups excluding tert-OH is 1. The normalized spacial score (nSPS) is 22.5. The van der Waals surface area contributed by atoms with Crippen LogP contribution >= 0.6 is 0 Å². The number of carbonyl (C=O) groups is 2. The molecule has 0 radical (unpaired) electrons. The van der Waals surface area contributed by atoms with Crippen molar-refractivity contribution >= 4 is 28.8 Å². The Hall–Kier alpha value is -3.46. The van der Waals surface area contributed by atoms with Crippen LogP contribution in [0.25, 0.3) is 11.0 Å². The van der Waals surface area contributed by atoms with E-state index >= 15 is 0 Å². The van der Waals surface area contributed by atoms with Crippen molar-refractivity contribution in [2.75, 3.05) is 12.0 Å². The number of methoxy groups -OCH3 is 1. The Bertz CT molecular complexity index is 1370. The minimum Gasteiger partial charge on any atom is -0.481 e. The first-order valence-electron chi connectivity index (χ1n) is 12.8. The van der Waals surface area contributed by atoms with E-state index in [1.807, 2.05) is 23.6 Å². The lowest BCUT2D eigenvalue weighted by atomic mass is 9.85. The summed E-state index contributed by atoms with van der Waals surface area (Å²) in [6.45, 7) is 3.63. The predicted octanol–water partition coefficient (Wildman–Crippen LogP) is 5.29. The number of carbonyl (C=O) groups excluding carboxylic acids is 1. The van der Waals surface area contributed by atoms with Crippen molar-refractivity contribution in [2.24, 2.45) is 5.92 Å². The molecule has 0 spiro atoms. The quantitative estimate of drug-likeness (QED) is 0.495. The third kappa shape index (κ3) is 4.35. The van der Waals surface area contributed by atoms with Gasteiger partial charge in [-0.15, -0.1) is 0 Å². The molecular formula is C28H32FN3O5. The molecule has 0 bridgehead atoms. The lowest BCUT2D eigenvalue weighted by Gasteiger charge is -2.34. The van der Waals surface area contributed by atoms with E-state index in [4.69, 9.17) is 9.72 Å². The van der Waals surface area contributed by atoms with Gasteiger partial charge in [0, 0.05) is 17.6 Å². The average Bonchev–Trinajstić information content (AvgIpc) is 3.29. The maximum Gasteiger partial charge on any atom is 0.414 e. The molecule has 2 aromatic carbocycles. The second-order valence-electron chi connectivity index (χ2n) is 10.3. The van der Waals surface area contributed by atoms with Gasteiger partial charge in [-0.05, 0) is 75.3 Å². The fraction of sp³-hybridized carbons (Fsp3) is 0.464. The first-order valence-corrected chi connectivity index (χ1v) is 12.8. The van der Waals surface area contributed by atoms with E-state index in [1.54, 1.807) is 24.0 Å². The minimum absolute atomic E-state index is 0.0465. The lowest BCUT2D eigenvalue weighted by Crippen LogP contribution is -2.42. The van der Waals surface area contributed by atoms with Crippen LogP contribution in [0.15, 0.2) is 30.3 Å². The number of anilines is 1. The van der Waals surface area contributed by atoms with Crippen LogP contribution in [0.5, 0.6) is 0 Å². The van der Waals surface area contributed by atoms with Crippen LogP contribution in [0.3, 0.4) is 0 Å². The molecule has 5 rings (SSSR count). The second kappa shape index (κ2) is 9.78. The summed E-state index contributed by atoms with van der Waals surface area (Å²) < 4.78 is 21.4. The number of aromatic nitrogens is 2. The van der Waals surface area contributed by atoms with Crippen molar-refractivity contribution in [1.82, 2.24) is 9.55 Å². The number of fused-ring (bicyclic) bond motifs is 3. The molecule has 196 valence electrons. The van der Waals surface area contributed by atoms with E-state index in [-0.39, 0.29) is 12.1 Å². The van der Waals surface area contributed by atoms with Crippen molar-refractivity contribution in [3.8, 4) is 0 Å². The largest absolute Gasteiger partial charge is 0.481 e. The number of amides is 1. The molecule has 1 aromatic heterocycles. The van der Waals surface area contributed by atoms with Crippen molar-refractivity contribution in [1.29, 1.82) is 0 Å². The first-order chi connectivity index (χ1) is 17.7. The first kappa shape index (κ1) is 25.2. The van der Waals surface area contributed by atoms with Gasteiger partial charge in [-0.25, -0.2) is 14.2 Å². The summed E-state index contributed by atoms with van der Waals surface area (Å²) in [5.41, 5.74) is 3.90. The molecule has 0 saturated heterocycles. The van der Waals surface area contributed by atoms with Gasteiger partial charge in [-0.2, -0.15) is 0 Å². The standard InChI is InChI=1S/C28H32FN3O5/c1-15-7-9-17(14-21(15)29)25(33)26-30-24-20-10-8-16(2)31(28(36)37-3)22(20)11-12-23(24)32(26)19-6-4-5-18(13-19)27(34)35/h7,9,11-12,14,16,18-19,25,33H,4-6,8,10,13H2,1-3H3,(H,34,35)/t16-,18+,19+,25+/m0/s1. The Labute approximate surface area is 214 Å². The number of aliphatic carboxylic acids is 1. The van der Waals surface area contributed by atoms with E-state index in [0.717, 1.165) is 36.0 Å². The van der Waals surface area contributed by atoms with E-state index in [2.05, 4.69) is 0 Å². The molecule has 8 nitrogen and oxygen atoms in total. The zero-order valence-electron chi connectivity index (χ0n) is 21.3. The molecule has 37 heavy (non-hydrogen) atoms. The number of aryl methyl sites for hydroxylation is 2. The molecule has 3 aromatic rings. The molecule has 2 aliphatic rings. The van der Waals surface area contributed by atoms with Gasteiger partial charge in [0.25, 0.3) is 0 Å². The maximum absolute atomic E-state index is 14.4. The number of aliphatic hydroxyl groups is 1. The SMILES string of the molecule is COC(=O)N1c2ccc3c(nc([C@H](O)c4ccc(C)c(F)c4)n3[C@@H]3CCC[C@@H](C(=O)O)C3)c2CC[C@@H]1C. The number of hydrogen-bond acceptors (Lipinski definition) is 5. The molecule has 1 fully saturated rings. The maximum atomic E-state index is 14.4. The van der Waals surface area contributed by atoms with E-state index in [1.165, 1.54) is 13.2 Å². The Kier molecular flexibility index (Phi) is 6.66. The van der Waals surface area contributed by atoms with Crippen molar-refractivity contribution in [3.63, 3.8) is 0 Å². The van der Waals surface area contributed by atoms with Crippen molar-refractivity contribution in [2.45, 2.75) is 70.6 Å². The molecule has 1 aliphatic heterocycles. The Balaban J connectivity index is 1.70. The number of benzene rings is 2. The number of carboxylic acids is 1. The highest BCUT2D eigenvalue weighted by Crippen LogP contribution is 2.42. The molecule has 0 unspecified atom stereocenters. The van der Waals surface area contributed by atoms with Crippen LogP contribution in [0.4, 0.5) is 14.9 Å². The second-order valence-corrected chi connectivity index (χ2v) is 10.3. The summed E-state index contributed by atoms with van der Waals surface area (Å²) in [4.78, 5) is 31.0. The van der Waals surface area contributed by atoms with E-state index in [0.29, 0.717) is 41.7 Å². The number of ether oxygens (including phenoxy) is 1. The highest BCUT2D eigenvalue weighted by molar-refractivity contribution is 5.95. The summed E-state index contributed by atoms with van der Waals surface area (Å²) in [5, 5.41) is 21.2. The molecule has 1 amide bonds. The number of carboxylic acid groups (broad SMARTS) is 1. The van der Waals surface area contributed by atoms with Crippen LogP contribution in [-0.4, -0.2) is 45.0 Å². The van der Waals surface area contributed by atoms with Crippen LogP contribution in [-0.2, 0) is 16.0 Å². The van der Waals surface area contributed by atoms with Gasteiger partial charge in [0.05, 0.1) is 29.7 Å². The van der Waals surface area contributed by atoms with Gasteiger partial charge in [0.15, 0.2) is 0 Å². The van der Waals surface area contributed by atoms with Gasteiger partial charge in [-0.3, -0.25) is 9.69 Å². The van der Waals surface area contributed by atoms with Gasteiger partial charge < -0.3 is 19.5 Å². The smallest absolute Gasteiger partial charge is 0.414 e. The molecule has 4 atom stereocenters. The number of nitrogens with zero attached hydrogens (tertiary/aromatic N) is 3.